The first-order chi connectivity index (χ1) is 9.74. The van der Waals surface area contributed by atoms with Crippen LogP contribution in [-0.4, -0.2) is 18.2 Å². The van der Waals surface area contributed by atoms with Crippen molar-refractivity contribution in [3.8, 4) is 5.88 Å². The molecule has 5 heteroatoms. The van der Waals surface area contributed by atoms with E-state index in [-0.39, 0.29) is 5.88 Å². The lowest BCUT2D eigenvalue weighted by Crippen LogP contribution is -2.04. The molecule has 0 spiro atoms. The fraction of sp³-hybridized carbons (Fsp3) is 0.267. The van der Waals surface area contributed by atoms with Gasteiger partial charge in [-0.25, -0.2) is 4.98 Å². The average molecular weight is 279 g/mol. The summed E-state index contributed by atoms with van der Waals surface area (Å²) >= 11 is 0. The van der Waals surface area contributed by atoms with E-state index >= 15 is 0 Å². The predicted octanol–water partition coefficient (Wildman–Crippen LogP) is 3.44. The number of pyridine rings is 1. The molecule has 0 fully saturated rings. The Labute approximate surface area is 116 Å². The number of hydrogen-bond donors (Lipinski definition) is 0. The predicted molar refractivity (Wildman–Crippen MR) is 70.7 cm³/mol. The summed E-state index contributed by atoms with van der Waals surface area (Å²) in [5.41, 5.74) is 1.95. The van der Waals surface area contributed by atoms with Gasteiger partial charge >= 0.3 is 6.61 Å². The number of nitrogens with zero attached hydrogens (tertiary/aromatic N) is 1. The van der Waals surface area contributed by atoms with E-state index in [1.807, 2.05) is 30.3 Å². The minimum absolute atomic E-state index is 0.0689. The van der Waals surface area contributed by atoms with Crippen LogP contribution in [0.4, 0.5) is 8.78 Å². The molecule has 3 nitrogen and oxygen atoms in total. The Morgan fingerprint density at radius 2 is 1.85 bits per heavy atom. The standard InChI is InChI=1S/C15H15F2NO2/c16-15(17)20-14-10-12(6-8-18-14)7-9-19-11-13-4-2-1-3-5-13/h1-6,8,10,15H,7,9,11H2. The van der Waals surface area contributed by atoms with Gasteiger partial charge in [-0.15, -0.1) is 0 Å². The molecule has 0 N–H and O–H groups in total. The van der Waals surface area contributed by atoms with Gasteiger partial charge < -0.3 is 9.47 Å². The maximum Gasteiger partial charge on any atom is 0.388 e. The van der Waals surface area contributed by atoms with Gasteiger partial charge in [0.25, 0.3) is 0 Å². The minimum Gasteiger partial charge on any atom is -0.417 e. The molecule has 0 aliphatic rings. The van der Waals surface area contributed by atoms with Gasteiger partial charge in [0, 0.05) is 12.3 Å². The molecule has 0 bridgehead atoms. The van der Waals surface area contributed by atoms with E-state index in [1.165, 1.54) is 12.3 Å². The first kappa shape index (κ1) is 14.4. The highest BCUT2D eigenvalue weighted by Gasteiger charge is 2.05. The summed E-state index contributed by atoms with van der Waals surface area (Å²) < 4.78 is 33.9. The number of halogens is 2. The topological polar surface area (TPSA) is 31.4 Å². The molecule has 0 saturated carbocycles. The van der Waals surface area contributed by atoms with Gasteiger partial charge in [-0.1, -0.05) is 30.3 Å². The molecule has 106 valence electrons. The van der Waals surface area contributed by atoms with Crippen LogP contribution < -0.4 is 4.74 Å². The van der Waals surface area contributed by atoms with Gasteiger partial charge in [-0.3, -0.25) is 0 Å². The third-order valence-electron chi connectivity index (χ3n) is 2.66. The van der Waals surface area contributed by atoms with Crippen LogP contribution in [0.25, 0.3) is 0 Å². The van der Waals surface area contributed by atoms with Crippen LogP contribution in [0.1, 0.15) is 11.1 Å². The van der Waals surface area contributed by atoms with Crippen molar-refractivity contribution in [1.29, 1.82) is 0 Å². The summed E-state index contributed by atoms with van der Waals surface area (Å²) in [5.74, 6) is -0.0689. The van der Waals surface area contributed by atoms with Gasteiger partial charge in [0.15, 0.2) is 0 Å². The summed E-state index contributed by atoms with van der Waals surface area (Å²) in [5, 5.41) is 0. The zero-order valence-corrected chi connectivity index (χ0v) is 10.8. The normalized spacial score (nSPS) is 10.8. The molecule has 2 aromatic rings. The highest BCUT2D eigenvalue weighted by Crippen LogP contribution is 2.13. The average Bonchev–Trinajstić information content (AvgIpc) is 2.44. The van der Waals surface area contributed by atoms with E-state index in [0.29, 0.717) is 19.6 Å². The molecule has 1 aromatic heterocycles. The van der Waals surface area contributed by atoms with Crippen molar-refractivity contribution in [3.63, 3.8) is 0 Å². The molecule has 0 atom stereocenters. The van der Waals surface area contributed by atoms with E-state index in [1.54, 1.807) is 6.07 Å². The summed E-state index contributed by atoms with van der Waals surface area (Å²) in [6.07, 6.45) is 2.07. The zero-order valence-electron chi connectivity index (χ0n) is 10.8. The number of benzene rings is 1. The quantitative estimate of drug-likeness (QED) is 0.727. The van der Waals surface area contributed by atoms with Crippen molar-refractivity contribution in [3.05, 3.63) is 59.8 Å². The lowest BCUT2D eigenvalue weighted by Gasteiger charge is -2.07. The highest BCUT2D eigenvalue weighted by molar-refractivity contribution is 5.20. The second-order valence-corrected chi connectivity index (χ2v) is 4.17. The summed E-state index contributed by atoms with van der Waals surface area (Å²) in [6.45, 7) is -1.81. The fourth-order valence-corrected chi connectivity index (χ4v) is 1.72. The summed E-state index contributed by atoms with van der Waals surface area (Å²) in [6, 6.07) is 13.1. The lowest BCUT2D eigenvalue weighted by atomic mass is 10.2. The highest BCUT2D eigenvalue weighted by atomic mass is 19.3. The van der Waals surface area contributed by atoms with Crippen molar-refractivity contribution in [2.75, 3.05) is 6.61 Å². The first-order valence-corrected chi connectivity index (χ1v) is 6.25. The smallest absolute Gasteiger partial charge is 0.388 e. The minimum atomic E-state index is -2.85. The van der Waals surface area contributed by atoms with E-state index in [2.05, 4.69) is 9.72 Å². The molecule has 0 amide bonds. The van der Waals surface area contributed by atoms with E-state index in [9.17, 15) is 8.78 Å². The fourth-order valence-electron chi connectivity index (χ4n) is 1.72. The molecule has 0 radical (unpaired) electrons. The second-order valence-electron chi connectivity index (χ2n) is 4.17. The van der Waals surface area contributed by atoms with Crippen molar-refractivity contribution >= 4 is 0 Å². The number of rotatable bonds is 7. The molecule has 0 unspecified atom stereocenters. The Morgan fingerprint density at radius 3 is 2.60 bits per heavy atom. The van der Waals surface area contributed by atoms with Crippen LogP contribution in [-0.2, 0) is 17.8 Å². The first-order valence-electron chi connectivity index (χ1n) is 6.25. The molecular weight excluding hydrogens is 264 g/mol. The van der Waals surface area contributed by atoms with Crippen LogP contribution >= 0.6 is 0 Å². The van der Waals surface area contributed by atoms with Gasteiger partial charge in [-0.05, 0) is 23.6 Å². The third-order valence-corrected chi connectivity index (χ3v) is 2.66. The Morgan fingerprint density at radius 1 is 1.05 bits per heavy atom. The monoisotopic (exact) mass is 279 g/mol. The van der Waals surface area contributed by atoms with Gasteiger partial charge in [-0.2, -0.15) is 8.78 Å². The number of aromatic nitrogens is 1. The Bertz CT molecular complexity index is 520. The maximum absolute atomic E-state index is 12.1. The molecule has 1 heterocycles. The molecule has 20 heavy (non-hydrogen) atoms. The van der Waals surface area contributed by atoms with Crippen LogP contribution in [0.3, 0.4) is 0 Å². The van der Waals surface area contributed by atoms with Crippen LogP contribution in [0.2, 0.25) is 0 Å². The molecule has 0 aliphatic heterocycles. The summed E-state index contributed by atoms with van der Waals surface area (Å²) in [7, 11) is 0. The van der Waals surface area contributed by atoms with Crippen molar-refractivity contribution in [2.24, 2.45) is 0 Å². The van der Waals surface area contributed by atoms with Crippen molar-refractivity contribution < 1.29 is 18.3 Å². The van der Waals surface area contributed by atoms with E-state index in [4.69, 9.17) is 4.74 Å². The zero-order chi connectivity index (χ0) is 14.2. The van der Waals surface area contributed by atoms with Crippen molar-refractivity contribution in [1.82, 2.24) is 4.98 Å². The van der Waals surface area contributed by atoms with E-state index < -0.39 is 6.61 Å². The van der Waals surface area contributed by atoms with Crippen LogP contribution in [0, 0.1) is 0 Å². The number of hydrogen-bond acceptors (Lipinski definition) is 3. The van der Waals surface area contributed by atoms with Gasteiger partial charge in [0.1, 0.15) is 0 Å². The lowest BCUT2D eigenvalue weighted by molar-refractivity contribution is -0.0529. The molecule has 0 saturated heterocycles. The van der Waals surface area contributed by atoms with Crippen LogP contribution in [0.5, 0.6) is 5.88 Å². The molecule has 2 rings (SSSR count). The van der Waals surface area contributed by atoms with Gasteiger partial charge in [0.2, 0.25) is 5.88 Å². The number of alkyl halides is 2. The Balaban J connectivity index is 1.76. The third kappa shape index (κ3) is 4.93. The van der Waals surface area contributed by atoms with E-state index in [0.717, 1.165) is 11.1 Å². The van der Waals surface area contributed by atoms with Gasteiger partial charge in [0.05, 0.1) is 13.2 Å². The van der Waals surface area contributed by atoms with Crippen molar-refractivity contribution in [2.45, 2.75) is 19.6 Å². The Hall–Kier alpha value is -2.01. The summed E-state index contributed by atoms with van der Waals surface area (Å²) in [4.78, 5) is 3.71. The maximum atomic E-state index is 12.1. The molecule has 1 aromatic carbocycles. The largest absolute Gasteiger partial charge is 0.417 e. The van der Waals surface area contributed by atoms with Crippen LogP contribution in [0.15, 0.2) is 48.7 Å². The molecular formula is C15H15F2NO2. The molecule has 0 aliphatic carbocycles. The second kappa shape index (κ2) is 7.55. The Kier molecular flexibility index (Phi) is 5.43. The SMILES string of the molecule is FC(F)Oc1cc(CCOCc2ccccc2)ccn1. The number of ether oxygens (including phenoxy) is 2.